The van der Waals surface area contributed by atoms with Gasteiger partial charge in [0.25, 0.3) is 5.91 Å². The standard InChI is InChI=1S/C16H16FNO3/c1-18(10-11-3-6-13(17)7-4-11)16(20)12-5-8-15(21-2)14(19)9-12/h3-9,19H,10H2,1-2H3. The molecule has 0 spiro atoms. The number of carbonyl (C=O) groups is 1. The highest BCUT2D eigenvalue weighted by atomic mass is 19.1. The number of phenolic OH excluding ortho intramolecular Hbond substituents is 1. The summed E-state index contributed by atoms with van der Waals surface area (Å²) >= 11 is 0. The van der Waals surface area contributed by atoms with Crippen LogP contribution in [0.2, 0.25) is 0 Å². The monoisotopic (exact) mass is 289 g/mol. The topological polar surface area (TPSA) is 49.8 Å². The van der Waals surface area contributed by atoms with Crippen LogP contribution in [-0.4, -0.2) is 30.1 Å². The minimum absolute atomic E-state index is 0.0847. The lowest BCUT2D eigenvalue weighted by Crippen LogP contribution is -2.26. The maximum absolute atomic E-state index is 12.8. The summed E-state index contributed by atoms with van der Waals surface area (Å²) in [5.74, 6) is -0.323. The molecular formula is C16H16FNO3. The Kier molecular flexibility index (Phi) is 4.42. The van der Waals surface area contributed by atoms with E-state index in [2.05, 4.69) is 0 Å². The number of phenols is 1. The molecule has 2 rings (SSSR count). The molecular weight excluding hydrogens is 273 g/mol. The molecule has 0 radical (unpaired) electrons. The molecule has 110 valence electrons. The van der Waals surface area contributed by atoms with Gasteiger partial charge in [0, 0.05) is 19.2 Å². The van der Waals surface area contributed by atoms with Crippen LogP contribution in [0.15, 0.2) is 42.5 Å². The van der Waals surface area contributed by atoms with E-state index in [4.69, 9.17) is 4.74 Å². The van der Waals surface area contributed by atoms with Crippen molar-refractivity contribution in [2.75, 3.05) is 14.2 Å². The van der Waals surface area contributed by atoms with Crippen LogP contribution in [0, 0.1) is 5.82 Å². The van der Waals surface area contributed by atoms with E-state index in [1.165, 1.54) is 36.3 Å². The largest absolute Gasteiger partial charge is 0.504 e. The van der Waals surface area contributed by atoms with Crippen molar-refractivity contribution in [3.63, 3.8) is 0 Å². The van der Waals surface area contributed by atoms with Crippen LogP contribution < -0.4 is 4.74 Å². The summed E-state index contributed by atoms with van der Waals surface area (Å²) < 4.78 is 17.8. The van der Waals surface area contributed by atoms with E-state index < -0.39 is 0 Å². The molecule has 2 aromatic rings. The molecule has 1 N–H and O–H groups in total. The van der Waals surface area contributed by atoms with Gasteiger partial charge in [0.2, 0.25) is 0 Å². The summed E-state index contributed by atoms with van der Waals surface area (Å²) in [5, 5.41) is 9.70. The van der Waals surface area contributed by atoms with Crippen molar-refractivity contribution in [2.45, 2.75) is 6.54 Å². The van der Waals surface area contributed by atoms with Crippen LogP contribution in [0.3, 0.4) is 0 Å². The number of hydrogen-bond donors (Lipinski definition) is 1. The average Bonchev–Trinajstić information content (AvgIpc) is 2.48. The smallest absolute Gasteiger partial charge is 0.254 e. The molecule has 0 atom stereocenters. The molecule has 4 nitrogen and oxygen atoms in total. The minimum atomic E-state index is -0.312. The first-order chi connectivity index (χ1) is 10.0. The summed E-state index contributed by atoms with van der Waals surface area (Å²) in [6.07, 6.45) is 0. The molecule has 0 saturated carbocycles. The Morgan fingerprint density at radius 1 is 1.24 bits per heavy atom. The fourth-order valence-electron chi connectivity index (χ4n) is 1.98. The third-order valence-electron chi connectivity index (χ3n) is 3.11. The van der Waals surface area contributed by atoms with Crippen LogP contribution in [-0.2, 0) is 6.54 Å². The quantitative estimate of drug-likeness (QED) is 0.941. The van der Waals surface area contributed by atoms with Gasteiger partial charge in [-0.25, -0.2) is 4.39 Å². The zero-order valence-corrected chi connectivity index (χ0v) is 11.8. The summed E-state index contributed by atoms with van der Waals surface area (Å²) in [6, 6.07) is 10.5. The first kappa shape index (κ1) is 14.8. The Bertz CT molecular complexity index is 640. The molecule has 0 fully saturated rings. The number of halogens is 1. The number of amides is 1. The lowest BCUT2D eigenvalue weighted by atomic mass is 10.1. The van der Waals surface area contributed by atoms with E-state index in [9.17, 15) is 14.3 Å². The van der Waals surface area contributed by atoms with Crippen molar-refractivity contribution < 1.29 is 19.0 Å². The molecule has 0 aromatic heterocycles. The Labute approximate surface area is 122 Å². The molecule has 5 heteroatoms. The number of aromatic hydroxyl groups is 1. The summed E-state index contributed by atoms with van der Waals surface area (Å²) in [5.41, 5.74) is 1.18. The number of ether oxygens (including phenoxy) is 1. The first-order valence-electron chi connectivity index (χ1n) is 6.38. The molecule has 0 bridgehead atoms. The minimum Gasteiger partial charge on any atom is -0.504 e. The normalized spacial score (nSPS) is 10.2. The molecule has 0 aliphatic rings. The Morgan fingerprint density at radius 2 is 1.90 bits per heavy atom. The molecule has 0 heterocycles. The van der Waals surface area contributed by atoms with Crippen molar-refractivity contribution in [3.8, 4) is 11.5 Å². The van der Waals surface area contributed by atoms with Gasteiger partial charge in [-0.3, -0.25) is 4.79 Å². The molecule has 1 amide bonds. The number of hydrogen-bond acceptors (Lipinski definition) is 3. The molecule has 0 unspecified atom stereocenters. The average molecular weight is 289 g/mol. The van der Waals surface area contributed by atoms with Gasteiger partial charge in [-0.1, -0.05) is 12.1 Å². The van der Waals surface area contributed by atoms with E-state index in [-0.39, 0.29) is 17.5 Å². The molecule has 2 aromatic carbocycles. The van der Waals surface area contributed by atoms with Gasteiger partial charge in [0.05, 0.1) is 7.11 Å². The lowest BCUT2D eigenvalue weighted by Gasteiger charge is -2.17. The Hall–Kier alpha value is -2.56. The van der Waals surface area contributed by atoms with Crippen molar-refractivity contribution in [1.29, 1.82) is 0 Å². The maximum Gasteiger partial charge on any atom is 0.254 e. The van der Waals surface area contributed by atoms with E-state index >= 15 is 0 Å². The fourth-order valence-corrected chi connectivity index (χ4v) is 1.98. The van der Waals surface area contributed by atoms with Crippen molar-refractivity contribution in [1.82, 2.24) is 4.90 Å². The van der Waals surface area contributed by atoms with Crippen molar-refractivity contribution >= 4 is 5.91 Å². The second-order valence-corrected chi connectivity index (χ2v) is 4.67. The molecule has 0 saturated heterocycles. The van der Waals surface area contributed by atoms with Crippen LogP contribution >= 0.6 is 0 Å². The highest BCUT2D eigenvalue weighted by Crippen LogP contribution is 2.26. The predicted octanol–water partition coefficient (Wildman–Crippen LogP) is 2.81. The van der Waals surface area contributed by atoms with Crippen LogP contribution in [0.4, 0.5) is 4.39 Å². The summed E-state index contributed by atoms with van der Waals surface area (Å²) in [6.45, 7) is 0.353. The van der Waals surface area contributed by atoms with Crippen LogP contribution in [0.5, 0.6) is 11.5 Å². The van der Waals surface area contributed by atoms with Crippen molar-refractivity contribution in [2.24, 2.45) is 0 Å². The number of carbonyl (C=O) groups excluding carboxylic acids is 1. The van der Waals surface area contributed by atoms with E-state index in [0.29, 0.717) is 17.9 Å². The van der Waals surface area contributed by atoms with Crippen LogP contribution in [0.25, 0.3) is 0 Å². The Balaban J connectivity index is 2.11. The highest BCUT2D eigenvalue weighted by molar-refractivity contribution is 5.94. The fraction of sp³-hybridized carbons (Fsp3) is 0.188. The number of benzene rings is 2. The van der Waals surface area contributed by atoms with Crippen molar-refractivity contribution in [3.05, 3.63) is 59.4 Å². The SMILES string of the molecule is COc1ccc(C(=O)N(C)Cc2ccc(F)cc2)cc1O. The molecule has 21 heavy (non-hydrogen) atoms. The Morgan fingerprint density at radius 3 is 2.48 bits per heavy atom. The zero-order chi connectivity index (χ0) is 15.4. The summed E-state index contributed by atoms with van der Waals surface area (Å²) in [7, 11) is 3.09. The maximum atomic E-state index is 12.8. The third-order valence-corrected chi connectivity index (χ3v) is 3.11. The molecule has 0 aliphatic heterocycles. The van der Waals surface area contributed by atoms with Crippen LogP contribution in [0.1, 0.15) is 15.9 Å². The lowest BCUT2D eigenvalue weighted by molar-refractivity contribution is 0.0784. The van der Waals surface area contributed by atoms with E-state index in [1.54, 1.807) is 25.2 Å². The van der Waals surface area contributed by atoms with Gasteiger partial charge in [-0.15, -0.1) is 0 Å². The van der Waals surface area contributed by atoms with Gasteiger partial charge in [-0.05, 0) is 35.9 Å². The van der Waals surface area contributed by atoms with E-state index in [0.717, 1.165) is 5.56 Å². The van der Waals surface area contributed by atoms with Gasteiger partial charge < -0.3 is 14.7 Å². The summed E-state index contributed by atoms with van der Waals surface area (Å²) in [4.78, 5) is 13.8. The number of methoxy groups -OCH3 is 1. The number of rotatable bonds is 4. The molecule has 0 aliphatic carbocycles. The second kappa shape index (κ2) is 6.26. The first-order valence-corrected chi connectivity index (χ1v) is 6.38. The van der Waals surface area contributed by atoms with Gasteiger partial charge in [0.15, 0.2) is 11.5 Å². The van der Waals surface area contributed by atoms with Gasteiger partial charge in [-0.2, -0.15) is 0 Å². The van der Waals surface area contributed by atoms with Gasteiger partial charge in [0.1, 0.15) is 5.82 Å². The third kappa shape index (κ3) is 3.51. The second-order valence-electron chi connectivity index (χ2n) is 4.67. The predicted molar refractivity (Wildman–Crippen MR) is 76.9 cm³/mol. The van der Waals surface area contributed by atoms with E-state index in [1.807, 2.05) is 0 Å². The number of nitrogens with zero attached hydrogens (tertiary/aromatic N) is 1. The van der Waals surface area contributed by atoms with Gasteiger partial charge >= 0.3 is 0 Å². The zero-order valence-electron chi connectivity index (χ0n) is 11.8. The highest BCUT2D eigenvalue weighted by Gasteiger charge is 2.14.